The van der Waals surface area contributed by atoms with Gasteiger partial charge in [0.15, 0.2) is 0 Å². The topological polar surface area (TPSA) is 15.3 Å². The molecular weight excluding hydrogens is 299 g/mol. The molecule has 2 rings (SSSR count). The van der Waals surface area contributed by atoms with Crippen molar-refractivity contribution in [2.75, 3.05) is 14.1 Å². The molecule has 0 aliphatic carbocycles. The SMILES string of the molecule is CC.CC(C)NCc1cccc(F)c1.CN(C)Cc1ccccc1. The second-order valence-corrected chi connectivity index (χ2v) is 5.89. The van der Waals surface area contributed by atoms with E-state index in [0.29, 0.717) is 6.04 Å². The second-order valence-electron chi connectivity index (χ2n) is 5.89. The van der Waals surface area contributed by atoms with Crippen molar-refractivity contribution in [3.8, 4) is 0 Å². The Hall–Kier alpha value is -1.71. The van der Waals surface area contributed by atoms with Crippen LogP contribution in [-0.2, 0) is 13.1 Å². The largest absolute Gasteiger partial charge is 0.310 e. The van der Waals surface area contributed by atoms with Crippen LogP contribution in [0.2, 0.25) is 0 Å². The number of benzene rings is 2. The average Bonchev–Trinajstić information content (AvgIpc) is 2.56. The van der Waals surface area contributed by atoms with Gasteiger partial charge in [0, 0.05) is 19.1 Å². The van der Waals surface area contributed by atoms with Crippen LogP contribution in [0.25, 0.3) is 0 Å². The molecule has 0 aliphatic rings. The molecule has 0 amide bonds. The van der Waals surface area contributed by atoms with Gasteiger partial charge in [0.25, 0.3) is 0 Å². The summed E-state index contributed by atoms with van der Waals surface area (Å²) in [6, 6.07) is 17.5. The smallest absolute Gasteiger partial charge is 0.123 e. The summed E-state index contributed by atoms with van der Waals surface area (Å²) in [7, 11) is 4.15. The molecule has 0 radical (unpaired) electrons. The highest BCUT2D eigenvalue weighted by atomic mass is 19.1. The number of nitrogens with one attached hydrogen (secondary N) is 1. The zero-order valence-corrected chi connectivity index (χ0v) is 16.0. The zero-order valence-electron chi connectivity index (χ0n) is 16.0. The van der Waals surface area contributed by atoms with E-state index in [1.807, 2.05) is 26.0 Å². The number of hydrogen-bond acceptors (Lipinski definition) is 2. The Morgan fingerprint density at radius 3 is 2.00 bits per heavy atom. The summed E-state index contributed by atoms with van der Waals surface area (Å²) in [5.74, 6) is -0.168. The van der Waals surface area contributed by atoms with E-state index in [1.165, 1.54) is 11.6 Å². The standard InChI is InChI=1S/C10H14FN.C9H13N.C2H6/c1-8(2)12-7-9-4-3-5-10(11)6-9;1-10(2)8-9-6-4-3-5-7-9;1-2/h3-6,8,12H,7H2,1-2H3;3-7H,8H2,1-2H3;1-2H3. The Morgan fingerprint density at radius 2 is 1.50 bits per heavy atom. The fourth-order valence-corrected chi connectivity index (χ4v) is 1.92. The molecule has 0 atom stereocenters. The molecule has 24 heavy (non-hydrogen) atoms. The van der Waals surface area contributed by atoms with Gasteiger partial charge >= 0.3 is 0 Å². The van der Waals surface area contributed by atoms with E-state index >= 15 is 0 Å². The maximum atomic E-state index is 12.7. The monoisotopic (exact) mass is 332 g/mol. The van der Waals surface area contributed by atoms with Crippen molar-refractivity contribution in [1.29, 1.82) is 0 Å². The molecule has 0 aromatic heterocycles. The van der Waals surface area contributed by atoms with Gasteiger partial charge in [0.05, 0.1) is 0 Å². The predicted octanol–water partition coefficient (Wildman–Crippen LogP) is 5.10. The van der Waals surface area contributed by atoms with Gasteiger partial charge in [-0.3, -0.25) is 0 Å². The molecule has 0 saturated carbocycles. The summed E-state index contributed by atoms with van der Waals surface area (Å²) in [4.78, 5) is 2.16. The van der Waals surface area contributed by atoms with E-state index < -0.39 is 0 Å². The van der Waals surface area contributed by atoms with Gasteiger partial charge in [-0.1, -0.05) is 70.2 Å². The fraction of sp³-hybridized carbons (Fsp3) is 0.429. The molecule has 0 bridgehead atoms. The lowest BCUT2D eigenvalue weighted by Gasteiger charge is -2.08. The number of hydrogen-bond donors (Lipinski definition) is 1. The highest BCUT2D eigenvalue weighted by Gasteiger charge is 1.95. The van der Waals surface area contributed by atoms with Crippen molar-refractivity contribution in [1.82, 2.24) is 10.2 Å². The van der Waals surface area contributed by atoms with Crippen LogP contribution in [0.1, 0.15) is 38.8 Å². The third-order valence-electron chi connectivity index (χ3n) is 2.95. The Kier molecular flexibility index (Phi) is 12.7. The molecule has 0 fully saturated rings. The van der Waals surface area contributed by atoms with Crippen LogP contribution in [-0.4, -0.2) is 25.0 Å². The van der Waals surface area contributed by atoms with Gasteiger partial charge in [-0.2, -0.15) is 0 Å². The van der Waals surface area contributed by atoms with Gasteiger partial charge in [-0.05, 0) is 37.4 Å². The van der Waals surface area contributed by atoms with Crippen molar-refractivity contribution in [2.45, 2.75) is 46.8 Å². The van der Waals surface area contributed by atoms with E-state index in [4.69, 9.17) is 0 Å². The predicted molar refractivity (Wildman–Crippen MR) is 104 cm³/mol. The third-order valence-corrected chi connectivity index (χ3v) is 2.95. The molecule has 0 aliphatic heterocycles. The lowest BCUT2D eigenvalue weighted by atomic mass is 10.2. The third kappa shape index (κ3) is 11.8. The Balaban J connectivity index is 0.000000405. The van der Waals surface area contributed by atoms with Crippen LogP contribution in [0.15, 0.2) is 54.6 Å². The van der Waals surface area contributed by atoms with Crippen LogP contribution >= 0.6 is 0 Å². The molecule has 3 heteroatoms. The maximum Gasteiger partial charge on any atom is 0.123 e. The molecule has 0 unspecified atom stereocenters. The quantitative estimate of drug-likeness (QED) is 0.819. The summed E-state index contributed by atoms with van der Waals surface area (Å²) < 4.78 is 12.7. The minimum absolute atomic E-state index is 0.168. The first kappa shape index (κ1) is 22.3. The van der Waals surface area contributed by atoms with Crippen molar-refractivity contribution in [3.63, 3.8) is 0 Å². The maximum absolute atomic E-state index is 12.7. The van der Waals surface area contributed by atoms with E-state index in [0.717, 1.165) is 18.7 Å². The van der Waals surface area contributed by atoms with Gasteiger partial charge < -0.3 is 10.2 Å². The first-order chi connectivity index (χ1) is 11.5. The number of nitrogens with zero attached hydrogens (tertiary/aromatic N) is 1. The summed E-state index contributed by atoms with van der Waals surface area (Å²) in [6.07, 6.45) is 0. The highest BCUT2D eigenvalue weighted by Crippen LogP contribution is 2.03. The Labute approximate surface area is 147 Å². The first-order valence-corrected chi connectivity index (χ1v) is 8.64. The van der Waals surface area contributed by atoms with Crippen LogP contribution in [0.5, 0.6) is 0 Å². The van der Waals surface area contributed by atoms with Crippen molar-refractivity contribution < 1.29 is 4.39 Å². The van der Waals surface area contributed by atoms with E-state index in [1.54, 1.807) is 12.1 Å². The molecule has 1 N–H and O–H groups in total. The molecule has 0 spiro atoms. The summed E-state index contributed by atoms with van der Waals surface area (Å²) in [5.41, 5.74) is 2.36. The molecule has 2 aromatic carbocycles. The van der Waals surface area contributed by atoms with Gasteiger partial charge in [-0.25, -0.2) is 4.39 Å². The molecule has 2 nitrogen and oxygen atoms in total. The van der Waals surface area contributed by atoms with Crippen molar-refractivity contribution in [2.24, 2.45) is 0 Å². The lowest BCUT2D eigenvalue weighted by Crippen LogP contribution is -2.21. The normalized spacial score (nSPS) is 9.88. The number of halogens is 1. The second kappa shape index (κ2) is 13.7. The van der Waals surface area contributed by atoms with Crippen LogP contribution in [0, 0.1) is 5.82 Å². The Morgan fingerprint density at radius 1 is 0.917 bits per heavy atom. The molecule has 0 saturated heterocycles. The van der Waals surface area contributed by atoms with Gasteiger partial charge in [0.2, 0.25) is 0 Å². The minimum atomic E-state index is -0.168. The highest BCUT2D eigenvalue weighted by molar-refractivity contribution is 5.16. The van der Waals surface area contributed by atoms with Gasteiger partial charge in [0.1, 0.15) is 5.82 Å². The van der Waals surface area contributed by atoms with Crippen LogP contribution < -0.4 is 5.32 Å². The van der Waals surface area contributed by atoms with Crippen molar-refractivity contribution in [3.05, 3.63) is 71.5 Å². The van der Waals surface area contributed by atoms with Crippen LogP contribution in [0.3, 0.4) is 0 Å². The Bertz CT molecular complexity index is 524. The fourth-order valence-electron chi connectivity index (χ4n) is 1.92. The first-order valence-electron chi connectivity index (χ1n) is 8.64. The lowest BCUT2D eigenvalue weighted by molar-refractivity contribution is 0.402. The summed E-state index contributed by atoms with van der Waals surface area (Å²) in [5, 5.41) is 3.22. The van der Waals surface area contributed by atoms with Crippen LogP contribution in [0.4, 0.5) is 4.39 Å². The number of rotatable bonds is 5. The van der Waals surface area contributed by atoms with E-state index in [2.05, 4.69) is 62.4 Å². The summed E-state index contributed by atoms with van der Waals surface area (Å²) >= 11 is 0. The molecule has 134 valence electrons. The summed E-state index contributed by atoms with van der Waals surface area (Å²) in [6.45, 7) is 9.90. The zero-order chi connectivity index (χ0) is 18.4. The molecular formula is C21H33FN2. The van der Waals surface area contributed by atoms with E-state index in [9.17, 15) is 4.39 Å². The van der Waals surface area contributed by atoms with Crippen molar-refractivity contribution >= 4 is 0 Å². The van der Waals surface area contributed by atoms with Gasteiger partial charge in [-0.15, -0.1) is 0 Å². The molecule has 0 heterocycles. The average molecular weight is 333 g/mol. The molecule has 2 aromatic rings. The van der Waals surface area contributed by atoms with E-state index in [-0.39, 0.29) is 5.82 Å². The minimum Gasteiger partial charge on any atom is -0.310 e.